The van der Waals surface area contributed by atoms with Crippen molar-refractivity contribution in [3.05, 3.63) is 39.9 Å². The molecule has 0 aliphatic heterocycles. The van der Waals surface area contributed by atoms with Crippen molar-refractivity contribution in [3.63, 3.8) is 0 Å². The molecule has 1 N–H and O–H groups in total. The van der Waals surface area contributed by atoms with E-state index in [0.717, 1.165) is 5.56 Å². The molecule has 1 unspecified atom stereocenters. The van der Waals surface area contributed by atoms with E-state index in [1.807, 2.05) is 13.0 Å². The van der Waals surface area contributed by atoms with Crippen molar-refractivity contribution in [2.45, 2.75) is 25.8 Å². The van der Waals surface area contributed by atoms with Gasteiger partial charge in [0, 0.05) is 32.9 Å². The summed E-state index contributed by atoms with van der Waals surface area (Å²) >= 11 is 0. The molecule has 6 nitrogen and oxygen atoms in total. The molecule has 6 heteroatoms. The highest BCUT2D eigenvalue weighted by molar-refractivity contribution is 5.34. The summed E-state index contributed by atoms with van der Waals surface area (Å²) < 4.78 is 10.2. The Morgan fingerprint density at radius 1 is 1.39 bits per heavy atom. The molecule has 0 spiro atoms. The number of nitro groups is 1. The highest BCUT2D eigenvalue weighted by Crippen LogP contribution is 2.13. The van der Waals surface area contributed by atoms with Crippen LogP contribution in [-0.2, 0) is 16.0 Å². The number of non-ortho nitro benzene ring substituents is 1. The van der Waals surface area contributed by atoms with Gasteiger partial charge in [-0.15, -0.1) is 0 Å². The fourth-order valence-electron chi connectivity index (χ4n) is 1.66. The van der Waals surface area contributed by atoms with Crippen LogP contribution in [0.15, 0.2) is 24.3 Å². The molecule has 1 aromatic carbocycles. The maximum atomic E-state index is 10.6. The van der Waals surface area contributed by atoms with Crippen molar-refractivity contribution in [2.75, 3.05) is 14.2 Å². The minimum atomic E-state index is -0.403. The second-order valence-corrected chi connectivity index (χ2v) is 3.94. The summed E-state index contributed by atoms with van der Waals surface area (Å²) in [5.74, 6) is 0. The van der Waals surface area contributed by atoms with Crippen molar-refractivity contribution in [3.8, 4) is 0 Å². The van der Waals surface area contributed by atoms with E-state index in [4.69, 9.17) is 9.47 Å². The van der Waals surface area contributed by atoms with Crippen LogP contribution in [0.25, 0.3) is 0 Å². The lowest BCUT2D eigenvalue weighted by Gasteiger charge is -2.22. The summed E-state index contributed by atoms with van der Waals surface area (Å²) in [4.78, 5) is 10.2. The van der Waals surface area contributed by atoms with Crippen LogP contribution in [0.3, 0.4) is 0 Å². The Balaban J connectivity index is 2.58. The molecule has 0 saturated heterocycles. The molecule has 0 saturated carbocycles. The Kier molecular flexibility index (Phi) is 5.70. The predicted molar refractivity (Wildman–Crippen MR) is 67.2 cm³/mol. The molecule has 1 aromatic rings. The van der Waals surface area contributed by atoms with Crippen LogP contribution in [0.5, 0.6) is 0 Å². The Hall–Kier alpha value is -1.50. The summed E-state index contributed by atoms with van der Waals surface area (Å²) in [6, 6.07) is 6.51. The number of nitro benzene ring substituents is 1. The molecule has 18 heavy (non-hydrogen) atoms. The van der Waals surface area contributed by atoms with Gasteiger partial charge in [-0.1, -0.05) is 12.1 Å². The Morgan fingerprint density at radius 3 is 2.61 bits per heavy atom. The van der Waals surface area contributed by atoms with Crippen LogP contribution in [0, 0.1) is 10.1 Å². The van der Waals surface area contributed by atoms with Gasteiger partial charge in [0.2, 0.25) is 0 Å². The van der Waals surface area contributed by atoms with E-state index in [1.165, 1.54) is 6.07 Å². The van der Waals surface area contributed by atoms with Gasteiger partial charge < -0.3 is 14.8 Å². The molecule has 0 amide bonds. The zero-order valence-electron chi connectivity index (χ0n) is 10.8. The normalized spacial score (nSPS) is 12.7. The van der Waals surface area contributed by atoms with E-state index < -0.39 is 4.92 Å². The SMILES string of the molecule is COC(OC)C(C)NCc1cccc([N+](=O)[O-])c1. The van der Waals surface area contributed by atoms with Crippen molar-refractivity contribution in [1.82, 2.24) is 5.32 Å². The van der Waals surface area contributed by atoms with Gasteiger partial charge in [0.25, 0.3) is 5.69 Å². The van der Waals surface area contributed by atoms with Gasteiger partial charge in [0.1, 0.15) is 0 Å². The third kappa shape index (κ3) is 4.06. The van der Waals surface area contributed by atoms with Gasteiger partial charge in [0.15, 0.2) is 6.29 Å². The van der Waals surface area contributed by atoms with E-state index in [0.29, 0.717) is 6.54 Å². The largest absolute Gasteiger partial charge is 0.354 e. The number of nitrogens with one attached hydrogen (secondary N) is 1. The molecule has 100 valence electrons. The van der Waals surface area contributed by atoms with Crippen LogP contribution >= 0.6 is 0 Å². The van der Waals surface area contributed by atoms with Gasteiger partial charge >= 0.3 is 0 Å². The third-order valence-corrected chi connectivity index (χ3v) is 2.62. The molecule has 0 bridgehead atoms. The van der Waals surface area contributed by atoms with Crippen LogP contribution in [0.2, 0.25) is 0 Å². The highest BCUT2D eigenvalue weighted by Gasteiger charge is 2.15. The van der Waals surface area contributed by atoms with Gasteiger partial charge in [-0.2, -0.15) is 0 Å². The topological polar surface area (TPSA) is 73.6 Å². The summed E-state index contributed by atoms with van der Waals surface area (Å²) in [6.07, 6.45) is -0.344. The van der Waals surface area contributed by atoms with Gasteiger partial charge in [-0.05, 0) is 12.5 Å². The minimum Gasteiger partial charge on any atom is -0.354 e. The van der Waals surface area contributed by atoms with Gasteiger partial charge in [-0.25, -0.2) is 0 Å². The monoisotopic (exact) mass is 254 g/mol. The first-order valence-corrected chi connectivity index (χ1v) is 5.60. The molecule has 0 aliphatic carbocycles. The maximum Gasteiger partial charge on any atom is 0.269 e. The Labute approximate surface area is 106 Å². The fraction of sp³-hybridized carbons (Fsp3) is 0.500. The van der Waals surface area contributed by atoms with E-state index in [9.17, 15) is 10.1 Å². The quantitative estimate of drug-likeness (QED) is 0.455. The van der Waals surface area contributed by atoms with Crippen molar-refractivity contribution in [1.29, 1.82) is 0 Å². The molecule has 0 heterocycles. The molecule has 1 rings (SSSR count). The molecule has 0 radical (unpaired) electrons. The van der Waals surface area contributed by atoms with Crippen molar-refractivity contribution >= 4 is 5.69 Å². The number of hydrogen-bond donors (Lipinski definition) is 1. The average molecular weight is 254 g/mol. The summed E-state index contributed by atoms with van der Waals surface area (Å²) in [6.45, 7) is 2.45. The lowest BCUT2D eigenvalue weighted by molar-refractivity contribution is -0.384. The lowest BCUT2D eigenvalue weighted by atomic mass is 10.2. The first kappa shape index (κ1) is 14.6. The zero-order valence-corrected chi connectivity index (χ0v) is 10.8. The van der Waals surface area contributed by atoms with E-state index >= 15 is 0 Å². The Bertz CT molecular complexity index is 393. The highest BCUT2D eigenvalue weighted by atomic mass is 16.7. The summed E-state index contributed by atoms with van der Waals surface area (Å²) in [7, 11) is 3.14. The summed E-state index contributed by atoms with van der Waals surface area (Å²) in [5, 5.41) is 13.8. The van der Waals surface area contributed by atoms with E-state index in [2.05, 4.69) is 5.32 Å². The number of hydrogen-bond acceptors (Lipinski definition) is 5. The second-order valence-electron chi connectivity index (χ2n) is 3.94. The van der Waals surface area contributed by atoms with Crippen molar-refractivity contribution < 1.29 is 14.4 Å². The predicted octanol–water partition coefficient (Wildman–Crippen LogP) is 1.69. The van der Waals surface area contributed by atoms with Crippen LogP contribution in [0.4, 0.5) is 5.69 Å². The molecular weight excluding hydrogens is 236 g/mol. The molecule has 0 aromatic heterocycles. The van der Waals surface area contributed by atoms with Crippen LogP contribution < -0.4 is 5.32 Å². The summed E-state index contributed by atoms with van der Waals surface area (Å²) in [5.41, 5.74) is 0.944. The average Bonchev–Trinajstić information content (AvgIpc) is 2.38. The first-order chi connectivity index (χ1) is 8.58. The third-order valence-electron chi connectivity index (χ3n) is 2.62. The lowest BCUT2D eigenvalue weighted by Crippen LogP contribution is -2.39. The van der Waals surface area contributed by atoms with E-state index in [-0.39, 0.29) is 18.0 Å². The molecule has 0 aliphatic rings. The standard InChI is InChI=1S/C12H18N2O4/c1-9(12(17-2)18-3)13-8-10-5-4-6-11(7-10)14(15)16/h4-7,9,12-13H,8H2,1-3H3. The van der Waals surface area contributed by atoms with Gasteiger partial charge in [-0.3, -0.25) is 10.1 Å². The van der Waals surface area contributed by atoms with Crippen molar-refractivity contribution in [2.24, 2.45) is 0 Å². The van der Waals surface area contributed by atoms with Crippen LogP contribution in [0.1, 0.15) is 12.5 Å². The molecule has 1 atom stereocenters. The molecule has 0 fully saturated rings. The number of ether oxygens (including phenoxy) is 2. The number of rotatable bonds is 7. The Morgan fingerprint density at radius 2 is 2.06 bits per heavy atom. The van der Waals surface area contributed by atoms with Gasteiger partial charge in [0.05, 0.1) is 11.0 Å². The second kappa shape index (κ2) is 7.05. The van der Waals surface area contributed by atoms with Crippen LogP contribution in [-0.4, -0.2) is 31.5 Å². The van der Waals surface area contributed by atoms with E-state index in [1.54, 1.807) is 26.4 Å². The number of benzene rings is 1. The minimum absolute atomic E-state index is 0.0146. The first-order valence-electron chi connectivity index (χ1n) is 5.60. The number of methoxy groups -OCH3 is 2. The zero-order chi connectivity index (χ0) is 13.5. The maximum absolute atomic E-state index is 10.6. The molecular formula is C12H18N2O4. The number of nitrogens with zero attached hydrogens (tertiary/aromatic N) is 1. The fourth-order valence-corrected chi connectivity index (χ4v) is 1.66. The smallest absolute Gasteiger partial charge is 0.269 e.